The van der Waals surface area contributed by atoms with Gasteiger partial charge in [0.25, 0.3) is 0 Å². The summed E-state index contributed by atoms with van der Waals surface area (Å²) in [5.74, 6) is -2.33. The first-order valence-corrected chi connectivity index (χ1v) is 7.60. The van der Waals surface area contributed by atoms with E-state index in [1.54, 1.807) is 0 Å². The Morgan fingerprint density at radius 3 is 1.96 bits per heavy atom. The number of nitrogens with one attached hydrogen (secondary N) is 1. The fraction of sp³-hybridized carbons (Fsp3) is 0.714. The van der Waals surface area contributed by atoms with Crippen LogP contribution in [0.2, 0.25) is 0 Å². The largest absolute Gasteiger partial charge is 0.463 e. The molecule has 1 amide bonds. The van der Waals surface area contributed by atoms with Gasteiger partial charge in [-0.3, -0.25) is 19.2 Å². The lowest BCUT2D eigenvalue weighted by atomic mass is 9.97. The minimum absolute atomic E-state index is 0.263. The Labute approximate surface area is 143 Å². The molecular formula is C14H20ClNO8. The van der Waals surface area contributed by atoms with Gasteiger partial charge in [-0.15, -0.1) is 0 Å². The Balaban J connectivity index is 3.11. The van der Waals surface area contributed by atoms with E-state index >= 15 is 0 Å². The highest BCUT2D eigenvalue weighted by Crippen LogP contribution is 2.28. The summed E-state index contributed by atoms with van der Waals surface area (Å²) in [5.41, 5.74) is -1.09. The monoisotopic (exact) mass is 365 g/mol. The molecule has 1 N–H and O–H groups in total. The fourth-order valence-electron chi connectivity index (χ4n) is 2.28. The number of rotatable bonds is 5. The number of hydrogen-bond acceptors (Lipinski definition) is 8. The van der Waals surface area contributed by atoms with Gasteiger partial charge in [0.2, 0.25) is 5.91 Å². The number of amides is 1. The number of hydrogen-bond donors (Lipinski definition) is 1. The van der Waals surface area contributed by atoms with Gasteiger partial charge in [0.05, 0.1) is 0 Å². The van der Waals surface area contributed by atoms with Crippen LogP contribution in [-0.4, -0.2) is 60.3 Å². The summed E-state index contributed by atoms with van der Waals surface area (Å²) < 4.78 is 20.7. The van der Waals surface area contributed by atoms with Crippen molar-refractivity contribution in [1.82, 2.24) is 5.32 Å². The van der Waals surface area contributed by atoms with E-state index in [-0.39, 0.29) is 6.61 Å². The van der Waals surface area contributed by atoms with Crippen molar-refractivity contribution < 1.29 is 38.1 Å². The van der Waals surface area contributed by atoms with Gasteiger partial charge >= 0.3 is 17.9 Å². The fourth-order valence-corrected chi connectivity index (χ4v) is 2.62. The van der Waals surface area contributed by atoms with E-state index < -0.39 is 53.7 Å². The van der Waals surface area contributed by atoms with Crippen molar-refractivity contribution in [2.45, 2.75) is 57.6 Å². The number of ether oxygens (including phenoxy) is 4. The maximum Gasteiger partial charge on any atom is 0.303 e. The van der Waals surface area contributed by atoms with E-state index in [1.165, 1.54) is 13.8 Å². The highest BCUT2D eigenvalue weighted by Gasteiger charge is 2.50. The molecule has 9 nitrogen and oxygen atoms in total. The summed E-state index contributed by atoms with van der Waals surface area (Å²) in [6, 6.07) is -0.953. The van der Waals surface area contributed by atoms with Crippen LogP contribution in [0, 0.1) is 0 Å². The molecular weight excluding hydrogens is 346 g/mol. The van der Waals surface area contributed by atoms with E-state index in [2.05, 4.69) is 5.32 Å². The smallest absolute Gasteiger partial charge is 0.303 e. The van der Waals surface area contributed by atoms with E-state index in [0.717, 1.165) is 13.8 Å². The third-order valence-corrected chi connectivity index (χ3v) is 3.43. The summed E-state index contributed by atoms with van der Waals surface area (Å²) >= 11 is 6.11. The molecule has 0 unspecified atom stereocenters. The SMILES string of the molecule is CC(=O)N[C@H]1[C@@H](OC(C)=O)[C@@H](OC(C)=O)[C@@H](COC(C)=O)O[C@@H]1Cl. The predicted octanol–water partition coefficient (Wildman–Crippen LogP) is -0.119. The number of esters is 3. The minimum Gasteiger partial charge on any atom is -0.463 e. The average Bonchev–Trinajstić information content (AvgIpc) is 2.42. The summed E-state index contributed by atoms with van der Waals surface area (Å²) in [5, 5.41) is 2.50. The Kier molecular flexibility index (Phi) is 7.43. The van der Waals surface area contributed by atoms with Gasteiger partial charge in [0.1, 0.15) is 18.8 Å². The third kappa shape index (κ3) is 5.97. The van der Waals surface area contributed by atoms with E-state index in [1.807, 2.05) is 0 Å². The van der Waals surface area contributed by atoms with Gasteiger partial charge in [-0.2, -0.15) is 0 Å². The zero-order valence-corrected chi connectivity index (χ0v) is 14.5. The molecule has 1 saturated heterocycles. The van der Waals surface area contributed by atoms with Gasteiger partial charge < -0.3 is 24.3 Å². The van der Waals surface area contributed by atoms with Crippen LogP contribution in [0.15, 0.2) is 0 Å². The van der Waals surface area contributed by atoms with E-state index in [4.69, 9.17) is 30.5 Å². The second-order valence-electron chi connectivity index (χ2n) is 5.20. The number of carbonyl (C=O) groups excluding carboxylic acids is 4. The van der Waals surface area contributed by atoms with Crippen molar-refractivity contribution in [1.29, 1.82) is 0 Å². The van der Waals surface area contributed by atoms with Crippen LogP contribution in [0.3, 0.4) is 0 Å². The molecule has 1 rings (SSSR count). The van der Waals surface area contributed by atoms with E-state index in [0.29, 0.717) is 0 Å². The van der Waals surface area contributed by atoms with Crippen molar-refractivity contribution in [3.05, 3.63) is 0 Å². The molecule has 24 heavy (non-hydrogen) atoms. The van der Waals surface area contributed by atoms with Crippen LogP contribution in [0.4, 0.5) is 0 Å². The zero-order chi connectivity index (χ0) is 18.4. The lowest BCUT2D eigenvalue weighted by Gasteiger charge is -2.43. The number of alkyl halides is 1. The van der Waals surface area contributed by atoms with Crippen LogP contribution < -0.4 is 5.32 Å². The highest BCUT2D eigenvalue weighted by atomic mass is 35.5. The molecule has 136 valence electrons. The third-order valence-electron chi connectivity index (χ3n) is 3.06. The molecule has 0 aromatic carbocycles. The van der Waals surface area contributed by atoms with Crippen LogP contribution >= 0.6 is 11.6 Å². The van der Waals surface area contributed by atoms with Crippen LogP contribution in [0.1, 0.15) is 27.7 Å². The normalized spacial score (nSPS) is 29.3. The number of halogens is 1. The Bertz CT molecular complexity index is 511. The van der Waals surface area contributed by atoms with E-state index in [9.17, 15) is 19.2 Å². The average molecular weight is 366 g/mol. The van der Waals surface area contributed by atoms with Crippen molar-refractivity contribution >= 4 is 35.4 Å². The standard InChI is InChI=1S/C14H20ClNO8/c1-6(17)16-11-13(23-9(4)20)12(22-8(3)19)10(24-14(11)15)5-21-7(2)18/h10-14H,5H2,1-4H3,(H,16,17)/t10-,11+,12+,13-,14+/m1/s1. The predicted molar refractivity (Wildman–Crippen MR) is 79.9 cm³/mol. The summed E-state index contributed by atoms with van der Waals surface area (Å²) in [6.45, 7) is 4.51. The lowest BCUT2D eigenvalue weighted by molar-refractivity contribution is -0.212. The first-order valence-electron chi connectivity index (χ1n) is 7.16. The molecule has 1 aliphatic rings. The summed E-state index contributed by atoms with van der Waals surface area (Å²) in [6.07, 6.45) is -3.18. The van der Waals surface area contributed by atoms with Crippen LogP contribution in [-0.2, 0) is 38.1 Å². The molecule has 0 aromatic heterocycles. The Hall–Kier alpha value is -1.87. The Morgan fingerprint density at radius 2 is 1.50 bits per heavy atom. The summed E-state index contributed by atoms with van der Waals surface area (Å²) in [4.78, 5) is 45.2. The second kappa shape index (κ2) is 8.84. The first kappa shape index (κ1) is 20.2. The molecule has 0 aliphatic carbocycles. The van der Waals surface area contributed by atoms with Gasteiger partial charge in [0, 0.05) is 27.7 Å². The van der Waals surface area contributed by atoms with Gasteiger partial charge in [0.15, 0.2) is 17.8 Å². The van der Waals surface area contributed by atoms with Crippen molar-refractivity contribution in [2.75, 3.05) is 6.61 Å². The molecule has 0 aromatic rings. The van der Waals surface area contributed by atoms with Gasteiger partial charge in [-0.1, -0.05) is 11.6 Å². The molecule has 5 atom stereocenters. The molecule has 1 heterocycles. The topological polar surface area (TPSA) is 117 Å². The quantitative estimate of drug-likeness (QED) is 0.407. The highest BCUT2D eigenvalue weighted by molar-refractivity contribution is 6.20. The molecule has 0 spiro atoms. The molecule has 1 aliphatic heterocycles. The second-order valence-corrected chi connectivity index (χ2v) is 5.63. The molecule has 0 saturated carbocycles. The van der Waals surface area contributed by atoms with Crippen molar-refractivity contribution in [2.24, 2.45) is 0 Å². The lowest BCUT2D eigenvalue weighted by Crippen LogP contribution is -2.64. The maximum absolute atomic E-state index is 11.4. The minimum atomic E-state index is -1.11. The molecule has 10 heteroatoms. The van der Waals surface area contributed by atoms with Crippen LogP contribution in [0.25, 0.3) is 0 Å². The van der Waals surface area contributed by atoms with Gasteiger partial charge in [-0.05, 0) is 0 Å². The molecule has 1 fully saturated rings. The van der Waals surface area contributed by atoms with Gasteiger partial charge in [-0.25, -0.2) is 0 Å². The molecule has 0 radical (unpaired) electrons. The summed E-state index contributed by atoms with van der Waals surface area (Å²) in [7, 11) is 0. The zero-order valence-electron chi connectivity index (χ0n) is 13.7. The Morgan fingerprint density at radius 1 is 0.958 bits per heavy atom. The molecule has 0 bridgehead atoms. The first-order chi connectivity index (χ1) is 11.1. The van der Waals surface area contributed by atoms with Crippen molar-refractivity contribution in [3.63, 3.8) is 0 Å². The maximum atomic E-state index is 11.4. The van der Waals surface area contributed by atoms with Crippen LogP contribution in [0.5, 0.6) is 0 Å². The number of carbonyl (C=O) groups is 4. The van der Waals surface area contributed by atoms with Crippen molar-refractivity contribution in [3.8, 4) is 0 Å².